The molecular formula is C21H17Cl2N3O2S3. The quantitative estimate of drug-likeness (QED) is 0.261. The molecule has 2 aromatic heterocycles. The Kier molecular flexibility index (Phi) is 7.35. The van der Waals surface area contributed by atoms with Crippen molar-refractivity contribution >= 4 is 78.9 Å². The number of amides is 1. The highest BCUT2D eigenvalue weighted by molar-refractivity contribution is 8.00. The summed E-state index contributed by atoms with van der Waals surface area (Å²) < 4.78 is 7.37. The third-order valence-electron chi connectivity index (χ3n) is 4.16. The van der Waals surface area contributed by atoms with E-state index in [-0.39, 0.29) is 12.3 Å². The van der Waals surface area contributed by atoms with Crippen molar-refractivity contribution in [2.45, 2.75) is 23.4 Å². The van der Waals surface area contributed by atoms with E-state index in [0.29, 0.717) is 27.5 Å². The first-order valence-electron chi connectivity index (χ1n) is 9.34. The molecule has 0 saturated carbocycles. The SMILES string of the molecule is CCOc1ccc2nc(NC(=O)Cc3csc(SCc4ccc(Cl)cc4Cl)n3)sc2c1. The fourth-order valence-corrected chi connectivity index (χ4v) is 6.07. The van der Waals surface area contributed by atoms with Crippen molar-refractivity contribution in [2.24, 2.45) is 0 Å². The van der Waals surface area contributed by atoms with Gasteiger partial charge < -0.3 is 10.1 Å². The van der Waals surface area contributed by atoms with Crippen LogP contribution in [0.1, 0.15) is 18.2 Å². The molecule has 0 radical (unpaired) electrons. The molecule has 160 valence electrons. The first-order chi connectivity index (χ1) is 15.0. The minimum absolute atomic E-state index is 0.147. The summed E-state index contributed by atoms with van der Waals surface area (Å²) in [6.45, 7) is 2.55. The van der Waals surface area contributed by atoms with E-state index in [1.54, 1.807) is 17.8 Å². The van der Waals surface area contributed by atoms with E-state index < -0.39 is 0 Å². The third kappa shape index (κ3) is 5.90. The maximum atomic E-state index is 12.5. The Morgan fingerprint density at radius 3 is 2.87 bits per heavy atom. The number of benzene rings is 2. The van der Waals surface area contributed by atoms with Crippen LogP contribution in [0.5, 0.6) is 5.75 Å². The number of thioether (sulfide) groups is 1. The largest absolute Gasteiger partial charge is 0.494 e. The van der Waals surface area contributed by atoms with E-state index >= 15 is 0 Å². The van der Waals surface area contributed by atoms with Crippen LogP contribution >= 0.6 is 57.6 Å². The normalized spacial score (nSPS) is 11.1. The molecule has 0 aliphatic heterocycles. The molecule has 10 heteroatoms. The Balaban J connectivity index is 1.34. The van der Waals surface area contributed by atoms with E-state index in [4.69, 9.17) is 27.9 Å². The molecule has 2 heterocycles. The number of hydrogen-bond donors (Lipinski definition) is 1. The second kappa shape index (κ2) is 10.2. The van der Waals surface area contributed by atoms with E-state index in [1.807, 2.05) is 42.6 Å². The zero-order valence-electron chi connectivity index (χ0n) is 16.4. The molecule has 0 saturated heterocycles. The number of carbonyl (C=O) groups is 1. The van der Waals surface area contributed by atoms with Crippen LogP contribution in [0.4, 0.5) is 5.13 Å². The molecule has 2 aromatic carbocycles. The first-order valence-corrected chi connectivity index (χ1v) is 12.8. The van der Waals surface area contributed by atoms with Crippen LogP contribution in [-0.4, -0.2) is 22.5 Å². The molecule has 0 unspecified atom stereocenters. The van der Waals surface area contributed by atoms with Gasteiger partial charge in [0, 0.05) is 21.2 Å². The van der Waals surface area contributed by atoms with Crippen LogP contribution in [0.25, 0.3) is 10.2 Å². The highest BCUT2D eigenvalue weighted by atomic mass is 35.5. The van der Waals surface area contributed by atoms with Gasteiger partial charge in [-0.15, -0.1) is 11.3 Å². The lowest BCUT2D eigenvalue weighted by atomic mass is 10.2. The fraction of sp³-hybridized carbons (Fsp3) is 0.190. The number of carbonyl (C=O) groups excluding carboxylic acids is 1. The topological polar surface area (TPSA) is 64.1 Å². The van der Waals surface area contributed by atoms with Gasteiger partial charge in [-0.3, -0.25) is 4.79 Å². The van der Waals surface area contributed by atoms with E-state index in [0.717, 1.165) is 31.6 Å². The van der Waals surface area contributed by atoms with Gasteiger partial charge in [-0.05, 0) is 42.8 Å². The number of anilines is 1. The van der Waals surface area contributed by atoms with Crippen molar-refractivity contribution in [3.05, 3.63) is 63.1 Å². The number of ether oxygens (including phenoxy) is 1. The van der Waals surface area contributed by atoms with Crippen molar-refractivity contribution in [3.63, 3.8) is 0 Å². The highest BCUT2D eigenvalue weighted by Gasteiger charge is 2.12. The van der Waals surface area contributed by atoms with Gasteiger partial charge in [0.05, 0.1) is 28.9 Å². The van der Waals surface area contributed by atoms with Crippen molar-refractivity contribution < 1.29 is 9.53 Å². The van der Waals surface area contributed by atoms with Crippen molar-refractivity contribution in [2.75, 3.05) is 11.9 Å². The molecule has 0 bridgehead atoms. The molecule has 5 nitrogen and oxygen atoms in total. The number of fused-ring (bicyclic) bond motifs is 1. The van der Waals surface area contributed by atoms with Crippen molar-refractivity contribution in [1.29, 1.82) is 0 Å². The number of nitrogens with zero attached hydrogens (tertiary/aromatic N) is 2. The average molecular weight is 510 g/mol. The zero-order chi connectivity index (χ0) is 21.8. The van der Waals surface area contributed by atoms with Gasteiger partial charge in [-0.2, -0.15) is 0 Å². The Hall–Kier alpha value is -1.84. The molecule has 1 amide bonds. The molecular weight excluding hydrogens is 493 g/mol. The molecule has 0 aliphatic carbocycles. The lowest BCUT2D eigenvalue weighted by molar-refractivity contribution is -0.115. The average Bonchev–Trinajstić information content (AvgIpc) is 3.33. The van der Waals surface area contributed by atoms with Crippen LogP contribution in [-0.2, 0) is 17.0 Å². The molecule has 0 fully saturated rings. The van der Waals surface area contributed by atoms with E-state index in [9.17, 15) is 4.79 Å². The summed E-state index contributed by atoms with van der Waals surface area (Å²) in [6, 6.07) is 11.2. The monoisotopic (exact) mass is 509 g/mol. The van der Waals surface area contributed by atoms with Gasteiger partial charge in [0.1, 0.15) is 10.1 Å². The lowest BCUT2D eigenvalue weighted by Crippen LogP contribution is -2.14. The van der Waals surface area contributed by atoms with Gasteiger partial charge >= 0.3 is 0 Å². The number of halogens is 2. The minimum Gasteiger partial charge on any atom is -0.494 e. The van der Waals surface area contributed by atoms with E-state index in [1.165, 1.54) is 22.7 Å². The summed E-state index contributed by atoms with van der Waals surface area (Å²) in [5, 5.41) is 6.59. The summed E-state index contributed by atoms with van der Waals surface area (Å²) in [5.74, 6) is 1.33. The predicted molar refractivity (Wildman–Crippen MR) is 131 cm³/mol. The van der Waals surface area contributed by atoms with Gasteiger partial charge in [-0.25, -0.2) is 9.97 Å². The molecule has 0 aliphatic rings. The molecule has 0 atom stereocenters. The highest BCUT2D eigenvalue weighted by Crippen LogP contribution is 2.31. The first kappa shape index (κ1) is 22.4. The maximum Gasteiger partial charge on any atom is 0.232 e. The summed E-state index contributed by atoms with van der Waals surface area (Å²) >= 11 is 16.7. The Morgan fingerprint density at radius 1 is 1.19 bits per heavy atom. The molecule has 0 spiro atoms. The third-order valence-corrected chi connectivity index (χ3v) is 7.80. The number of aromatic nitrogens is 2. The predicted octanol–water partition coefficient (Wildman–Crippen LogP) is 6.93. The second-order valence-corrected chi connectivity index (χ2v) is 10.4. The van der Waals surface area contributed by atoms with Gasteiger partial charge in [0.25, 0.3) is 0 Å². The molecule has 4 rings (SSSR count). The Labute approximate surface area is 201 Å². The van der Waals surface area contributed by atoms with Crippen LogP contribution in [0.15, 0.2) is 46.1 Å². The zero-order valence-corrected chi connectivity index (χ0v) is 20.3. The standard InChI is InChI=1S/C21H17Cl2N3O2S3/c1-2-28-15-5-6-17-18(9-15)31-20(25-17)26-19(27)8-14-11-30-21(24-14)29-10-12-3-4-13(22)7-16(12)23/h3-7,9,11H,2,8,10H2,1H3,(H,25,26,27). The molecule has 4 aromatic rings. The van der Waals surface area contributed by atoms with Gasteiger partial charge in [-0.1, -0.05) is 52.4 Å². The number of rotatable bonds is 8. The number of nitrogens with one attached hydrogen (secondary N) is 1. The Bertz CT molecular complexity index is 1230. The maximum absolute atomic E-state index is 12.5. The fourth-order valence-electron chi connectivity index (χ4n) is 2.76. The summed E-state index contributed by atoms with van der Waals surface area (Å²) in [7, 11) is 0. The van der Waals surface area contributed by atoms with E-state index in [2.05, 4.69) is 15.3 Å². The van der Waals surface area contributed by atoms with Crippen molar-refractivity contribution in [1.82, 2.24) is 9.97 Å². The van der Waals surface area contributed by atoms with Crippen molar-refractivity contribution in [3.8, 4) is 5.75 Å². The second-order valence-electron chi connectivity index (χ2n) is 6.44. The smallest absolute Gasteiger partial charge is 0.232 e. The van der Waals surface area contributed by atoms with Crippen LogP contribution in [0.2, 0.25) is 10.0 Å². The number of thiazole rings is 2. The van der Waals surface area contributed by atoms with Crippen LogP contribution in [0, 0.1) is 0 Å². The minimum atomic E-state index is -0.147. The summed E-state index contributed by atoms with van der Waals surface area (Å²) in [5.41, 5.74) is 2.55. The number of hydrogen-bond acceptors (Lipinski definition) is 7. The Morgan fingerprint density at radius 2 is 2.06 bits per heavy atom. The van der Waals surface area contributed by atoms with Gasteiger partial charge in [0.15, 0.2) is 5.13 Å². The lowest BCUT2D eigenvalue weighted by Gasteiger charge is -2.02. The van der Waals surface area contributed by atoms with Crippen LogP contribution < -0.4 is 10.1 Å². The summed E-state index contributed by atoms with van der Waals surface area (Å²) in [4.78, 5) is 21.5. The summed E-state index contributed by atoms with van der Waals surface area (Å²) in [6.07, 6.45) is 0.193. The van der Waals surface area contributed by atoms with Crippen LogP contribution in [0.3, 0.4) is 0 Å². The molecule has 1 N–H and O–H groups in total. The van der Waals surface area contributed by atoms with Gasteiger partial charge in [0.2, 0.25) is 5.91 Å². The molecule has 31 heavy (non-hydrogen) atoms.